The highest BCUT2D eigenvalue weighted by Crippen LogP contribution is 2.22. The molecule has 1 rings (SSSR count). The maximum absolute atomic E-state index is 12.6. The molecule has 46 heavy (non-hydrogen) atoms. The maximum Gasteiger partial charge on any atom is 0.306 e. The summed E-state index contributed by atoms with van der Waals surface area (Å²) in [6, 6.07) is 0. The molecule has 1 aliphatic rings. The zero-order valence-corrected chi connectivity index (χ0v) is 28.3. The Balaban J connectivity index is 2.42. The Morgan fingerprint density at radius 2 is 1.28 bits per heavy atom. The minimum atomic E-state index is -1.59. The minimum absolute atomic E-state index is 0.210. The number of esters is 2. The van der Waals surface area contributed by atoms with Gasteiger partial charge in [-0.25, -0.2) is 0 Å². The van der Waals surface area contributed by atoms with Gasteiger partial charge in [0.2, 0.25) is 0 Å². The van der Waals surface area contributed by atoms with Gasteiger partial charge < -0.3 is 39.4 Å². The molecule has 0 saturated carbocycles. The lowest BCUT2D eigenvalue weighted by atomic mass is 9.99. The van der Waals surface area contributed by atoms with Crippen LogP contribution in [-0.2, 0) is 28.5 Å². The van der Waals surface area contributed by atoms with Crippen molar-refractivity contribution < 1.29 is 49.0 Å². The van der Waals surface area contributed by atoms with Crippen LogP contribution in [0.1, 0.15) is 123 Å². The molecular formula is C36H62O10. The van der Waals surface area contributed by atoms with Crippen LogP contribution >= 0.6 is 0 Å². The number of ether oxygens (including phenoxy) is 4. The first kappa shape index (κ1) is 41.9. The third kappa shape index (κ3) is 20.2. The van der Waals surface area contributed by atoms with E-state index in [1.165, 1.54) is 6.42 Å². The SMILES string of the molecule is CC/C=C\C/C=C\C/C=C\CCCCCCCC(=O)OC(COC(=O)CCCCCCCC)COC1OC(CO)C(O)C(O)C1O. The van der Waals surface area contributed by atoms with E-state index in [0.717, 1.165) is 83.5 Å². The van der Waals surface area contributed by atoms with Gasteiger partial charge in [-0.15, -0.1) is 0 Å². The first-order chi connectivity index (χ1) is 22.3. The monoisotopic (exact) mass is 654 g/mol. The number of hydrogen-bond acceptors (Lipinski definition) is 10. The summed E-state index contributed by atoms with van der Waals surface area (Å²) in [6.45, 7) is 3.18. The standard InChI is InChI=1S/C36H62O10/c1-3-5-7-9-11-12-13-14-15-16-17-18-19-21-23-25-32(39)45-29(27-43-31(38)24-22-20-10-8-6-4-2)28-44-36-35(42)34(41)33(40)30(26-37)46-36/h5,7,11-12,14-15,29-30,33-37,40-42H,3-4,6,8-10,13,16-28H2,1-2H3/b7-5-,12-11-,15-14-. The molecule has 1 fully saturated rings. The molecule has 1 heterocycles. The van der Waals surface area contributed by atoms with Crippen LogP contribution in [0.25, 0.3) is 0 Å². The minimum Gasteiger partial charge on any atom is -0.462 e. The zero-order chi connectivity index (χ0) is 33.8. The largest absolute Gasteiger partial charge is 0.462 e. The van der Waals surface area contributed by atoms with Crippen molar-refractivity contribution in [3.63, 3.8) is 0 Å². The highest BCUT2D eigenvalue weighted by atomic mass is 16.7. The summed E-state index contributed by atoms with van der Waals surface area (Å²) in [5, 5.41) is 39.7. The molecular weight excluding hydrogens is 592 g/mol. The van der Waals surface area contributed by atoms with Crippen molar-refractivity contribution in [3.05, 3.63) is 36.5 Å². The fourth-order valence-electron chi connectivity index (χ4n) is 4.96. The van der Waals surface area contributed by atoms with E-state index in [9.17, 15) is 30.0 Å². The van der Waals surface area contributed by atoms with Crippen molar-refractivity contribution in [2.24, 2.45) is 0 Å². The van der Waals surface area contributed by atoms with Gasteiger partial charge in [0.25, 0.3) is 0 Å². The fourth-order valence-corrected chi connectivity index (χ4v) is 4.96. The number of unbranched alkanes of at least 4 members (excludes halogenated alkanes) is 10. The lowest BCUT2D eigenvalue weighted by Gasteiger charge is -2.39. The molecule has 0 aliphatic carbocycles. The first-order valence-corrected chi connectivity index (χ1v) is 17.6. The van der Waals surface area contributed by atoms with Crippen LogP contribution in [-0.4, -0.2) is 89.0 Å². The Morgan fingerprint density at radius 1 is 0.696 bits per heavy atom. The van der Waals surface area contributed by atoms with Gasteiger partial charge >= 0.3 is 11.9 Å². The van der Waals surface area contributed by atoms with E-state index in [4.69, 9.17) is 18.9 Å². The Kier molecular flexibility index (Phi) is 25.5. The number of hydrogen-bond donors (Lipinski definition) is 4. The van der Waals surface area contributed by atoms with Gasteiger partial charge in [0.15, 0.2) is 12.4 Å². The molecule has 0 aromatic heterocycles. The van der Waals surface area contributed by atoms with E-state index in [1.807, 2.05) is 0 Å². The number of aliphatic hydroxyl groups excluding tert-OH is 4. The predicted octanol–water partition coefficient (Wildman–Crippen LogP) is 5.60. The highest BCUT2D eigenvalue weighted by Gasteiger charge is 2.44. The molecule has 0 aromatic carbocycles. The van der Waals surface area contributed by atoms with Crippen molar-refractivity contribution in [1.82, 2.24) is 0 Å². The molecule has 0 spiro atoms. The van der Waals surface area contributed by atoms with E-state index in [-0.39, 0.29) is 26.1 Å². The van der Waals surface area contributed by atoms with Crippen LogP contribution in [0.5, 0.6) is 0 Å². The smallest absolute Gasteiger partial charge is 0.306 e. The summed E-state index contributed by atoms with van der Waals surface area (Å²) in [7, 11) is 0. The molecule has 1 aliphatic heterocycles. The zero-order valence-electron chi connectivity index (χ0n) is 28.3. The second-order valence-corrected chi connectivity index (χ2v) is 11.9. The second-order valence-electron chi connectivity index (χ2n) is 11.9. The average molecular weight is 655 g/mol. The maximum atomic E-state index is 12.6. The molecule has 0 amide bonds. The number of rotatable bonds is 27. The quantitative estimate of drug-likeness (QED) is 0.0501. The van der Waals surface area contributed by atoms with Gasteiger partial charge in [0.05, 0.1) is 13.2 Å². The summed E-state index contributed by atoms with van der Waals surface area (Å²) in [5.74, 6) is -0.842. The summed E-state index contributed by atoms with van der Waals surface area (Å²) in [6.07, 6.45) is 20.5. The summed E-state index contributed by atoms with van der Waals surface area (Å²) >= 11 is 0. The van der Waals surface area contributed by atoms with Crippen molar-refractivity contribution in [3.8, 4) is 0 Å². The Bertz CT molecular complexity index is 856. The number of carbonyl (C=O) groups is 2. The number of aliphatic hydroxyl groups is 4. The van der Waals surface area contributed by atoms with Crippen molar-refractivity contribution >= 4 is 11.9 Å². The number of allylic oxidation sites excluding steroid dienone is 6. The molecule has 10 nitrogen and oxygen atoms in total. The van der Waals surface area contributed by atoms with Gasteiger partial charge in [-0.05, 0) is 44.9 Å². The summed E-state index contributed by atoms with van der Waals surface area (Å²) in [5.41, 5.74) is 0. The van der Waals surface area contributed by atoms with Crippen LogP contribution in [0.3, 0.4) is 0 Å². The summed E-state index contributed by atoms with van der Waals surface area (Å²) in [4.78, 5) is 24.9. The molecule has 266 valence electrons. The summed E-state index contributed by atoms with van der Waals surface area (Å²) < 4.78 is 21.9. The molecule has 0 radical (unpaired) electrons. The van der Waals surface area contributed by atoms with Gasteiger partial charge in [-0.1, -0.05) is 102 Å². The van der Waals surface area contributed by atoms with Crippen molar-refractivity contribution in [2.45, 2.75) is 160 Å². The molecule has 10 heteroatoms. The van der Waals surface area contributed by atoms with Gasteiger partial charge in [-0.3, -0.25) is 9.59 Å². The normalized spacial score (nSPS) is 22.6. The van der Waals surface area contributed by atoms with E-state index < -0.39 is 55.4 Å². The van der Waals surface area contributed by atoms with Crippen LogP contribution in [0.4, 0.5) is 0 Å². The average Bonchev–Trinajstić information content (AvgIpc) is 3.05. The van der Waals surface area contributed by atoms with Gasteiger partial charge in [-0.2, -0.15) is 0 Å². The fraction of sp³-hybridized carbons (Fsp3) is 0.778. The second kappa shape index (κ2) is 28.0. The highest BCUT2D eigenvalue weighted by molar-refractivity contribution is 5.70. The van der Waals surface area contributed by atoms with E-state index in [1.54, 1.807) is 0 Å². The van der Waals surface area contributed by atoms with E-state index >= 15 is 0 Å². The number of carbonyl (C=O) groups excluding carboxylic acids is 2. The van der Waals surface area contributed by atoms with Gasteiger partial charge in [0, 0.05) is 12.8 Å². The Morgan fingerprint density at radius 3 is 1.93 bits per heavy atom. The molecule has 6 atom stereocenters. The topological polar surface area (TPSA) is 152 Å². The van der Waals surface area contributed by atoms with Crippen LogP contribution < -0.4 is 0 Å². The van der Waals surface area contributed by atoms with Crippen LogP contribution in [0.2, 0.25) is 0 Å². The van der Waals surface area contributed by atoms with Crippen LogP contribution in [0, 0.1) is 0 Å². The third-order valence-corrected chi connectivity index (χ3v) is 7.79. The lowest BCUT2D eigenvalue weighted by molar-refractivity contribution is -0.305. The molecule has 4 N–H and O–H groups in total. The lowest BCUT2D eigenvalue weighted by Crippen LogP contribution is -2.59. The molecule has 0 aromatic rings. The predicted molar refractivity (Wildman–Crippen MR) is 178 cm³/mol. The molecule has 0 bridgehead atoms. The first-order valence-electron chi connectivity index (χ1n) is 17.6. The van der Waals surface area contributed by atoms with Gasteiger partial charge in [0.1, 0.15) is 31.0 Å². The third-order valence-electron chi connectivity index (χ3n) is 7.79. The van der Waals surface area contributed by atoms with Crippen molar-refractivity contribution in [1.29, 1.82) is 0 Å². The Hall–Kier alpha value is -2.08. The molecule has 6 unspecified atom stereocenters. The Labute approximate surface area is 276 Å². The van der Waals surface area contributed by atoms with Crippen molar-refractivity contribution in [2.75, 3.05) is 19.8 Å². The van der Waals surface area contributed by atoms with E-state index in [2.05, 4.69) is 50.3 Å². The van der Waals surface area contributed by atoms with E-state index in [0.29, 0.717) is 6.42 Å². The molecule has 1 saturated heterocycles. The van der Waals surface area contributed by atoms with Crippen LogP contribution in [0.15, 0.2) is 36.5 Å².